The highest BCUT2D eigenvalue weighted by molar-refractivity contribution is 6.34. The van der Waals surface area contributed by atoms with Gasteiger partial charge in [0.1, 0.15) is 0 Å². The molecule has 136 valence electrons. The zero-order chi connectivity index (χ0) is 18.2. The number of para-hydroxylation sites is 1. The number of carbonyl (C=O) groups is 2. The summed E-state index contributed by atoms with van der Waals surface area (Å²) >= 11 is 0. The van der Waals surface area contributed by atoms with Crippen molar-refractivity contribution in [1.82, 2.24) is 0 Å². The highest BCUT2D eigenvalue weighted by Gasteiger charge is 2.53. The number of benzene rings is 2. The van der Waals surface area contributed by atoms with Gasteiger partial charge in [0.2, 0.25) is 0 Å². The quantitative estimate of drug-likeness (QED) is 0.713. The second kappa shape index (κ2) is 5.31. The van der Waals surface area contributed by atoms with Crippen molar-refractivity contribution in [2.24, 2.45) is 17.8 Å². The highest BCUT2D eigenvalue weighted by Crippen LogP contribution is 2.62. The van der Waals surface area contributed by atoms with Gasteiger partial charge in [0.25, 0.3) is 11.8 Å². The molecule has 0 radical (unpaired) electrons. The van der Waals surface area contributed by atoms with Crippen molar-refractivity contribution in [3.8, 4) is 0 Å². The molecule has 3 heteroatoms. The maximum atomic E-state index is 13.1. The first-order valence-corrected chi connectivity index (χ1v) is 10.2. The van der Waals surface area contributed by atoms with Crippen LogP contribution in [0.5, 0.6) is 0 Å². The van der Waals surface area contributed by atoms with Crippen LogP contribution in [0.3, 0.4) is 0 Å². The standard InChI is InChI=1S/C24H23NO2/c26-22-18-5-1-2-6-19(18)23(27)25(22)21-8-4-3-7-20(21)24-12-15-9-16(13-24)11-17(10-15)14-24/h1-8,15-17H,9-14H2. The van der Waals surface area contributed by atoms with E-state index in [0.29, 0.717) is 11.1 Å². The Hall–Kier alpha value is -2.42. The minimum atomic E-state index is -0.173. The molecule has 5 aliphatic rings. The molecule has 1 aliphatic heterocycles. The molecule has 2 aromatic carbocycles. The highest BCUT2D eigenvalue weighted by atomic mass is 16.2. The van der Waals surface area contributed by atoms with E-state index in [4.69, 9.17) is 0 Å². The number of hydrogen-bond donors (Lipinski definition) is 0. The summed E-state index contributed by atoms with van der Waals surface area (Å²) in [6.45, 7) is 0. The van der Waals surface area contributed by atoms with Gasteiger partial charge in [-0.1, -0.05) is 30.3 Å². The summed E-state index contributed by atoms with van der Waals surface area (Å²) in [7, 11) is 0. The van der Waals surface area contributed by atoms with E-state index in [2.05, 4.69) is 12.1 Å². The SMILES string of the molecule is O=C1c2ccccc2C(=O)N1c1ccccc1C12CC3CC(CC(C3)C1)C2. The lowest BCUT2D eigenvalue weighted by Crippen LogP contribution is -2.49. The molecule has 4 bridgehead atoms. The van der Waals surface area contributed by atoms with E-state index in [-0.39, 0.29) is 17.2 Å². The zero-order valence-corrected chi connectivity index (χ0v) is 15.4. The van der Waals surface area contributed by atoms with Crippen LogP contribution < -0.4 is 4.90 Å². The Morgan fingerprint density at radius 3 is 1.74 bits per heavy atom. The second-order valence-corrected chi connectivity index (χ2v) is 9.21. The first-order chi connectivity index (χ1) is 13.1. The van der Waals surface area contributed by atoms with Gasteiger partial charge in [-0.25, -0.2) is 4.90 Å². The predicted molar refractivity (Wildman–Crippen MR) is 104 cm³/mol. The fraction of sp³-hybridized carbons (Fsp3) is 0.417. The van der Waals surface area contributed by atoms with Crippen LogP contribution in [0.25, 0.3) is 0 Å². The molecule has 7 rings (SSSR count). The molecule has 0 unspecified atom stereocenters. The summed E-state index contributed by atoms with van der Waals surface area (Å²) in [6.07, 6.45) is 7.81. The van der Waals surface area contributed by atoms with E-state index in [1.807, 2.05) is 24.3 Å². The summed E-state index contributed by atoms with van der Waals surface area (Å²) in [6, 6.07) is 15.4. The van der Waals surface area contributed by atoms with Gasteiger partial charge in [-0.15, -0.1) is 0 Å². The molecular weight excluding hydrogens is 334 g/mol. The van der Waals surface area contributed by atoms with Crippen molar-refractivity contribution in [2.45, 2.75) is 43.9 Å². The van der Waals surface area contributed by atoms with Crippen molar-refractivity contribution in [3.05, 3.63) is 65.2 Å². The zero-order valence-electron chi connectivity index (χ0n) is 15.4. The number of hydrogen-bond acceptors (Lipinski definition) is 2. The number of nitrogens with zero attached hydrogens (tertiary/aromatic N) is 1. The minimum absolute atomic E-state index is 0.153. The lowest BCUT2D eigenvalue weighted by molar-refractivity contribution is -0.00493. The fourth-order valence-corrected chi connectivity index (χ4v) is 6.97. The molecule has 0 spiro atoms. The molecule has 2 aromatic rings. The van der Waals surface area contributed by atoms with Gasteiger partial charge in [0, 0.05) is 0 Å². The maximum Gasteiger partial charge on any atom is 0.266 e. The molecule has 0 aromatic heterocycles. The smallest absolute Gasteiger partial charge is 0.266 e. The van der Waals surface area contributed by atoms with E-state index in [1.54, 1.807) is 12.1 Å². The summed E-state index contributed by atoms with van der Waals surface area (Å²) in [4.78, 5) is 27.6. The molecule has 1 heterocycles. The molecule has 0 saturated heterocycles. The van der Waals surface area contributed by atoms with Crippen LogP contribution in [0, 0.1) is 17.8 Å². The molecule has 2 amide bonds. The average Bonchev–Trinajstić information content (AvgIpc) is 2.92. The van der Waals surface area contributed by atoms with Gasteiger partial charge < -0.3 is 0 Å². The lowest BCUT2D eigenvalue weighted by Gasteiger charge is -2.57. The van der Waals surface area contributed by atoms with Crippen LogP contribution >= 0.6 is 0 Å². The molecule has 27 heavy (non-hydrogen) atoms. The third-order valence-electron chi connectivity index (χ3n) is 7.55. The Morgan fingerprint density at radius 2 is 1.19 bits per heavy atom. The van der Waals surface area contributed by atoms with Crippen LogP contribution in [-0.2, 0) is 5.41 Å². The Kier molecular flexibility index (Phi) is 3.07. The number of amides is 2. The molecule has 4 saturated carbocycles. The molecule has 3 nitrogen and oxygen atoms in total. The van der Waals surface area contributed by atoms with Gasteiger partial charge >= 0.3 is 0 Å². The third-order valence-corrected chi connectivity index (χ3v) is 7.55. The van der Waals surface area contributed by atoms with Crippen LogP contribution in [0.4, 0.5) is 5.69 Å². The Labute approximate surface area is 159 Å². The minimum Gasteiger partial charge on any atom is -0.268 e. The molecule has 0 atom stereocenters. The summed E-state index contributed by atoms with van der Waals surface area (Å²) in [5, 5.41) is 0. The first kappa shape index (κ1) is 15.6. The van der Waals surface area contributed by atoms with Crippen LogP contribution in [0.2, 0.25) is 0 Å². The average molecular weight is 357 g/mol. The monoisotopic (exact) mass is 357 g/mol. The van der Waals surface area contributed by atoms with Gasteiger partial charge in [-0.2, -0.15) is 0 Å². The normalized spacial score (nSPS) is 33.6. The predicted octanol–water partition coefficient (Wildman–Crippen LogP) is 4.96. The van der Waals surface area contributed by atoms with E-state index in [9.17, 15) is 9.59 Å². The second-order valence-electron chi connectivity index (χ2n) is 9.21. The van der Waals surface area contributed by atoms with Gasteiger partial charge in [0.15, 0.2) is 0 Å². The number of rotatable bonds is 2. The van der Waals surface area contributed by atoms with Crippen molar-refractivity contribution in [2.75, 3.05) is 4.90 Å². The topological polar surface area (TPSA) is 37.4 Å². The number of carbonyl (C=O) groups excluding carboxylic acids is 2. The largest absolute Gasteiger partial charge is 0.268 e. The van der Waals surface area contributed by atoms with Crippen LogP contribution in [0.15, 0.2) is 48.5 Å². The molecule has 0 N–H and O–H groups in total. The number of anilines is 1. The molecule has 4 fully saturated rings. The third kappa shape index (κ3) is 2.08. The van der Waals surface area contributed by atoms with Crippen LogP contribution in [0.1, 0.15) is 64.8 Å². The van der Waals surface area contributed by atoms with Gasteiger partial charge in [-0.05, 0) is 85.5 Å². The Morgan fingerprint density at radius 1 is 0.704 bits per heavy atom. The lowest BCUT2D eigenvalue weighted by atomic mass is 9.48. The van der Waals surface area contributed by atoms with Crippen molar-refractivity contribution >= 4 is 17.5 Å². The van der Waals surface area contributed by atoms with E-state index in [1.165, 1.54) is 49.0 Å². The first-order valence-electron chi connectivity index (χ1n) is 10.2. The maximum absolute atomic E-state index is 13.1. The van der Waals surface area contributed by atoms with Crippen molar-refractivity contribution in [3.63, 3.8) is 0 Å². The van der Waals surface area contributed by atoms with E-state index < -0.39 is 0 Å². The Bertz CT molecular complexity index is 906. The van der Waals surface area contributed by atoms with E-state index in [0.717, 1.165) is 23.4 Å². The van der Waals surface area contributed by atoms with Crippen molar-refractivity contribution < 1.29 is 9.59 Å². The molecular formula is C24H23NO2. The van der Waals surface area contributed by atoms with Gasteiger partial charge in [-0.3, -0.25) is 9.59 Å². The number of imide groups is 1. The molecule has 4 aliphatic carbocycles. The van der Waals surface area contributed by atoms with Gasteiger partial charge in [0.05, 0.1) is 16.8 Å². The number of fused-ring (bicyclic) bond motifs is 1. The van der Waals surface area contributed by atoms with E-state index >= 15 is 0 Å². The summed E-state index contributed by atoms with van der Waals surface area (Å²) in [5.74, 6) is 2.13. The Balaban J connectivity index is 1.48. The fourth-order valence-electron chi connectivity index (χ4n) is 6.97. The summed E-state index contributed by atoms with van der Waals surface area (Å²) < 4.78 is 0. The summed E-state index contributed by atoms with van der Waals surface area (Å²) in [5.41, 5.74) is 3.27. The van der Waals surface area contributed by atoms with Crippen LogP contribution in [-0.4, -0.2) is 11.8 Å². The van der Waals surface area contributed by atoms with Crippen molar-refractivity contribution in [1.29, 1.82) is 0 Å².